The van der Waals surface area contributed by atoms with Gasteiger partial charge in [-0.25, -0.2) is 0 Å². The second-order valence-corrected chi connectivity index (χ2v) is 8.26. The molecule has 0 saturated heterocycles. The van der Waals surface area contributed by atoms with Gasteiger partial charge in [0.25, 0.3) is 0 Å². The van der Waals surface area contributed by atoms with Gasteiger partial charge in [0.1, 0.15) is 0 Å². The molecule has 0 radical (unpaired) electrons. The van der Waals surface area contributed by atoms with Crippen molar-refractivity contribution in [3.05, 3.63) is 73.5 Å². The lowest BCUT2D eigenvalue weighted by Crippen LogP contribution is -2.38. The number of hydrogen-bond acceptors (Lipinski definition) is 4. The highest BCUT2D eigenvalue weighted by molar-refractivity contribution is 7.16. The molecule has 0 fully saturated rings. The van der Waals surface area contributed by atoms with Gasteiger partial charge in [0.2, 0.25) is 5.91 Å². The minimum absolute atomic E-state index is 0.00238. The molecule has 3 aromatic heterocycles. The number of fused-ring (bicyclic) bond motifs is 1. The fraction of sp³-hybridized carbons (Fsp3) is 0.167. The molecule has 0 N–H and O–H groups in total. The van der Waals surface area contributed by atoms with Gasteiger partial charge in [-0.1, -0.05) is 11.6 Å². The molecule has 0 aliphatic carbocycles. The molecule has 1 aliphatic rings. The summed E-state index contributed by atoms with van der Waals surface area (Å²) >= 11 is 9.42. The number of furan rings is 1. The molecule has 0 saturated carbocycles. The topological polar surface area (TPSA) is 33.5 Å². The Balaban J connectivity index is 1.67. The molecule has 4 rings (SSSR count). The van der Waals surface area contributed by atoms with E-state index in [0.717, 1.165) is 21.2 Å². The van der Waals surface area contributed by atoms with Crippen molar-refractivity contribution in [1.82, 2.24) is 4.90 Å². The van der Waals surface area contributed by atoms with Gasteiger partial charge in [0.05, 0.1) is 22.9 Å². The zero-order chi connectivity index (χ0) is 16.5. The van der Waals surface area contributed by atoms with E-state index in [1.807, 2.05) is 23.1 Å². The van der Waals surface area contributed by atoms with Crippen molar-refractivity contribution in [1.29, 1.82) is 0 Å². The van der Waals surface area contributed by atoms with E-state index in [0.29, 0.717) is 6.54 Å². The van der Waals surface area contributed by atoms with E-state index in [1.54, 1.807) is 36.0 Å². The summed E-state index contributed by atoms with van der Waals surface area (Å²) in [6.45, 7) is 0.711. The first-order valence-corrected chi connectivity index (χ1v) is 9.62. The van der Waals surface area contributed by atoms with E-state index in [2.05, 4.69) is 11.4 Å². The number of thiophene rings is 2. The zero-order valence-electron chi connectivity index (χ0n) is 12.6. The first-order valence-electron chi connectivity index (χ1n) is 7.55. The first-order chi connectivity index (χ1) is 11.7. The third-order valence-corrected chi connectivity index (χ3v) is 6.35. The lowest BCUT2D eigenvalue weighted by molar-refractivity contribution is -0.127. The Morgan fingerprint density at radius 1 is 1.33 bits per heavy atom. The predicted molar refractivity (Wildman–Crippen MR) is 98.7 cm³/mol. The molecule has 0 aromatic carbocycles. The second kappa shape index (κ2) is 6.59. The lowest BCUT2D eigenvalue weighted by Gasteiger charge is -2.34. The summed E-state index contributed by atoms with van der Waals surface area (Å²) in [5.74, 6) is 0.00238. The molecule has 1 amide bonds. The van der Waals surface area contributed by atoms with Gasteiger partial charge in [0, 0.05) is 27.9 Å². The number of halogens is 1. The van der Waals surface area contributed by atoms with Crippen molar-refractivity contribution in [3.63, 3.8) is 0 Å². The van der Waals surface area contributed by atoms with E-state index in [4.69, 9.17) is 16.0 Å². The number of hydrogen-bond donors (Lipinski definition) is 0. The highest BCUT2D eigenvalue weighted by Crippen LogP contribution is 2.41. The number of carbonyl (C=O) groups is 1. The zero-order valence-corrected chi connectivity index (χ0v) is 15.0. The smallest absolute Gasteiger partial charge is 0.247 e. The van der Waals surface area contributed by atoms with Crippen molar-refractivity contribution in [2.75, 3.05) is 6.54 Å². The molecule has 6 heteroatoms. The summed E-state index contributed by atoms with van der Waals surface area (Å²) in [5, 5.41) is 2.10. The molecule has 3 nitrogen and oxygen atoms in total. The van der Waals surface area contributed by atoms with Gasteiger partial charge in [-0.2, -0.15) is 0 Å². The molecule has 24 heavy (non-hydrogen) atoms. The molecule has 0 bridgehead atoms. The number of amides is 1. The van der Waals surface area contributed by atoms with Crippen LogP contribution in [0, 0.1) is 0 Å². The molecule has 1 unspecified atom stereocenters. The molecule has 4 heterocycles. The van der Waals surface area contributed by atoms with E-state index in [9.17, 15) is 4.79 Å². The molecular formula is C18H14ClNO2S2. The van der Waals surface area contributed by atoms with Crippen LogP contribution in [-0.2, 0) is 11.2 Å². The van der Waals surface area contributed by atoms with Crippen LogP contribution in [0.15, 0.2) is 52.7 Å². The second-order valence-electron chi connectivity index (χ2n) is 5.52. The molecule has 1 aliphatic heterocycles. The molecular weight excluding hydrogens is 362 g/mol. The van der Waals surface area contributed by atoms with Gasteiger partial charge in [-0.15, -0.1) is 22.7 Å². The van der Waals surface area contributed by atoms with Crippen LogP contribution < -0.4 is 0 Å². The Morgan fingerprint density at radius 2 is 2.25 bits per heavy atom. The predicted octanol–water partition coefficient (Wildman–Crippen LogP) is 5.24. The largest absolute Gasteiger partial charge is 0.472 e. The molecule has 1 atom stereocenters. The fourth-order valence-electron chi connectivity index (χ4n) is 2.97. The first kappa shape index (κ1) is 15.7. The van der Waals surface area contributed by atoms with E-state index >= 15 is 0 Å². The van der Waals surface area contributed by atoms with Crippen LogP contribution in [0.25, 0.3) is 6.08 Å². The van der Waals surface area contributed by atoms with Crippen molar-refractivity contribution >= 4 is 46.3 Å². The Kier molecular flexibility index (Phi) is 4.31. The maximum absolute atomic E-state index is 12.8. The minimum atomic E-state index is -0.0565. The summed E-state index contributed by atoms with van der Waals surface area (Å²) < 4.78 is 5.78. The number of nitrogens with zero attached hydrogens (tertiary/aromatic N) is 1. The Bertz CT molecular complexity index is 879. The average Bonchev–Trinajstić information content (AvgIpc) is 3.32. The van der Waals surface area contributed by atoms with Gasteiger partial charge < -0.3 is 9.32 Å². The third-order valence-electron chi connectivity index (χ3n) is 4.07. The Morgan fingerprint density at radius 3 is 3.00 bits per heavy atom. The monoisotopic (exact) mass is 375 g/mol. The summed E-state index contributed by atoms with van der Waals surface area (Å²) in [6, 6.07) is 7.81. The highest BCUT2D eigenvalue weighted by atomic mass is 35.5. The maximum Gasteiger partial charge on any atom is 0.247 e. The fourth-order valence-corrected chi connectivity index (χ4v) is 5.07. The maximum atomic E-state index is 12.8. The van der Waals surface area contributed by atoms with Crippen LogP contribution in [0.4, 0.5) is 0 Å². The number of rotatable bonds is 3. The van der Waals surface area contributed by atoms with Crippen LogP contribution in [0.1, 0.15) is 26.9 Å². The summed E-state index contributed by atoms with van der Waals surface area (Å²) in [6.07, 6.45) is 7.51. The van der Waals surface area contributed by atoms with Crippen LogP contribution in [0.2, 0.25) is 4.34 Å². The van der Waals surface area contributed by atoms with Crippen LogP contribution in [0.3, 0.4) is 0 Å². The average molecular weight is 376 g/mol. The summed E-state index contributed by atoms with van der Waals surface area (Å²) in [4.78, 5) is 17.2. The number of carbonyl (C=O) groups excluding carboxylic acids is 1. The van der Waals surface area contributed by atoms with E-state index in [-0.39, 0.29) is 11.9 Å². The SMILES string of the molecule is O=C(/C=C/c1ccoc1)N1CCc2sccc2C1c1ccc(Cl)s1. The van der Waals surface area contributed by atoms with Gasteiger partial charge in [-0.3, -0.25) is 4.79 Å². The lowest BCUT2D eigenvalue weighted by atomic mass is 9.98. The van der Waals surface area contributed by atoms with Crippen LogP contribution >= 0.6 is 34.3 Å². The normalized spacial score (nSPS) is 17.4. The van der Waals surface area contributed by atoms with E-state index in [1.165, 1.54) is 21.8 Å². The van der Waals surface area contributed by atoms with Crippen LogP contribution in [-0.4, -0.2) is 17.4 Å². The molecule has 3 aromatic rings. The van der Waals surface area contributed by atoms with Crippen LogP contribution in [0.5, 0.6) is 0 Å². The van der Waals surface area contributed by atoms with Crippen molar-refractivity contribution < 1.29 is 9.21 Å². The van der Waals surface area contributed by atoms with E-state index < -0.39 is 0 Å². The Labute approximate surface area is 152 Å². The summed E-state index contributed by atoms with van der Waals surface area (Å²) in [5.41, 5.74) is 2.10. The van der Waals surface area contributed by atoms with Gasteiger partial charge in [0.15, 0.2) is 0 Å². The van der Waals surface area contributed by atoms with Gasteiger partial charge >= 0.3 is 0 Å². The minimum Gasteiger partial charge on any atom is -0.472 e. The van der Waals surface area contributed by atoms with Crippen molar-refractivity contribution in [2.24, 2.45) is 0 Å². The molecule has 122 valence electrons. The van der Waals surface area contributed by atoms with Gasteiger partial charge in [-0.05, 0) is 47.7 Å². The highest BCUT2D eigenvalue weighted by Gasteiger charge is 2.32. The quantitative estimate of drug-likeness (QED) is 0.586. The third kappa shape index (κ3) is 2.95. The standard InChI is InChI=1S/C18H14ClNO2S2/c19-16-3-2-15(24-16)18-13-7-10-23-14(13)5-8-20(18)17(21)4-1-12-6-9-22-11-12/h1-4,6-7,9-11,18H,5,8H2/b4-1+. The summed E-state index contributed by atoms with van der Waals surface area (Å²) in [7, 11) is 0. The van der Waals surface area contributed by atoms with Crippen molar-refractivity contribution in [2.45, 2.75) is 12.5 Å². The van der Waals surface area contributed by atoms with Crippen molar-refractivity contribution in [3.8, 4) is 0 Å². The Hall–Kier alpha value is -1.82. The molecule has 0 spiro atoms.